The zero-order valence-electron chi connectivity index (χ0n) is 19.8. The van der Waals surface area contributed by atoms with Crippen molar-refractivity contribution in [3.63, 3.8) is 0 Å². The van der Waals surface area contributed by atoms with Gasteiger partial charge in [0.05, 0.1) is 25.9 Å². The second-order valence-electron chi connectivity index (χ2n) is 8.65. The number of allylic oxidation sites excluding steroid dienone is 4. The molecule has 1 aliphatic rings. The third-order valence-electron chi connectivity index (χ3n) is 5.82. The quantitative estimate of drug-likeness (QED) is 0.448. The number of aromatic hydroxyl groups is 1. The van der Waals surface area contributed by atoms with Crippen molar-refractivity contribution in [2.45, 2.75) is 71.5 Å². The predicted octanol–water partition coefficient (Wildman–Crippen LogP) is 4.49. The van der Waals surface area contributed by atoms with Gasteiger partial charge in [-0.3, -0.25) is 0 Å². The molecule has 1 aliphatic heterocycles. The number of methoxy groups -OCH3 is 2. The van der Waals surface area contributed by atoms with Gasteiger partial charge in [0.1, 0.15) is 22.7 Å². The first kappa shape index (κ1) is 25.5. The highest BCUT2D eigenvalue weighted by molar-refractivity contribution is 6.06. The number of carbonyl (C=O) groups excluding carboxylic acids is 2. The number of phenolic OH excluding ortho intramolecular Hbond substituents is 1. The Balaban J connectivity index is 2.34. The maximum Gasteiger partial charge on any atom is 0.342 e. The van der Waals surface area contributed by atoms with Crippen LogP contribution in [-0.4, -0.2) is 48.1 Å². The first-order valence-electron chi connectivity index (χ1n) is 10.8. The Morgan fingerprint density at radius 2 is 1.81 bits per heavy atom. The Labute approximate surface area is 189 Å². The summed E-state index contributed by atoms with van der Waals surface area (Å²) in [5.41, 5.74) is 1.52. The lowest BCUT2D eigenvalue weighted by Crippen LogP contribution is -2.49. The number of aliphatic hydroxyl groups is 1. The van der Waals surface area contributed by atoms with Crippen molar-refractivity contribution in [3.8, 4) is 11.5 Å². The number of rotatable bonds is 8. The van der Waals surface area contributed by atoms with Gasteiger partial charge < -0.3 is 24.4 Å². The van der Waals surface area contributed by atoms with Gasteiger partial charge >= 0.3 is 11.9 Å². The van der Waals surface area contributed by atoms with Gasteiger partial charge in [-0.05, 0) is 59.4 Å². The van der Waals surface area contributed by atoms with Crippen LogP contribution in [0.4, 0.5) is 0 Å². The summed E-state index contributed by atoms with van der Waals surface area (Å²) in [7, 11) is 2.38. The lowest BCUT2D eigenvalue weighted by molar-refractivity contribution is -0.0599. The lowest BCUT2D eigenvalue weighted by Gasteiger charge is -2.40. The lowest BCUT2D eigenvalue weighted by atomic mass is 9.83. The number of aliphatic hydroxyl groups excluding tert-OH is 1. The Hall–Kier alpha value is -2.80. The van der Waals surface area contributed by atoms with Crippen LogP contribution in [0, 0.1) is 0 Å². The molecule has 0 spiro atoms. The van der Waals surface area contributed by atoms with Crippen LogP contribution in [0.15, 0.2) is 29.4 Å². The number of esters is 2. The standard InChI is InChI=1S/C25H34O7/c1-15(2)9-7-10-16(3)11-8-12-25(4)20(27)14-17-19(26)13-18(23(28)30-5)21(22(17)32-25)24(29)31-6/h9,11,13,20,26-27H,7-8,10,12,14H2,1-6H3/b16-11+. The zero-order chi connectivity index (χ0) is 24.1. The number of hydrogen-bond acceptors (Lipinski definition) is 7. The molecule has 1 aromatic rings. The average Bonchev–Trinajstić information content (AvgIpc) is 2.73. The van der Waals surface area contributed by atoms with Crippen LogP contribution in [0.2, 0.25) is 0 Å². The van der Waals surface area contributed by atoms with E-state index < -0.39 is 23.6 Å². The van der Waals surface area contributed by atoms with E-state index in [2.05, 4.69) is 32.9 Å². The van der Waals surface area contributed by atoms with Crippen molar-refractivity contribution >= 4 is 11.9 Å². The highest BCUT2D eigenvalue weighted by Gasteiger charge is 2.43. The Kier molecular flexibility index (Phi) is 8.50. The first-order valence-corrected chi connectivity index (χ1v) is 10.8. The van der Waals surface area contributed by atoms with E-state index in [4.69, 9.17) is 14.2 Å². The number of benzene rings is 1. The summed E-state index contributed by atoms with van der Waals surface area (Å²) in [6.45, 7) is 7.98. The van der Waals surface area contributed by atoms with Crippen molar-refractivity contribution in [3.05, 3.63) is 46.1 Å². The van der Waals surface area contributed by atoms with Crippen LogP contribution in [0.1, 0.15) is 79.7 Å². The second-order valence-corrected chi connectivity index (χ2v) is 8.65. The molecule has 176 valence electrons. The van der Waals surface area contributed by atoms with E-state index >= 15 is 0 Å². The fourth-order valence-electron chi connectivity index (χ4n) is 3.79. The van der Waals surface area contributed by atoms with Crippen LogP contribution in [0.25, 0.3) is 0 Å². The summed E-state index contributed by atoms with van der Waals surface area (Å²) in [5, 5.41) is 21.3. The van der Waals surface area contributed by atoms with E-state index in [0.29, 0.717) is 12.8 Å². The molecule has 32 heavy (non-hydrogen) atoms. The highest BCUT2D eigenvalue weighted by Crippen LogP contribution is 2.44. The molecule has 1 aromatic carbocycles. The van der Waals surface area contributed by atoms with Gasteiger partial charge in [0, 0.05) is 12.0 Å². The molecule has 0 saturated carbocycles. The molecule has 0 aliphatic carbocycles. The van der Waals surface area contributed by atoms with Crippen molar-refractivity contribution in [2.75, 3.05) is 14.2 Å². The molecular weight excluding hydrogens is 412 g/mol. The summed E-state index contributed by atoms with van der Waals surface area (Å²) in [6.07, 6.45) is 6.57. The summed E-state index contributed by atoms with van der Waals surface area (Å²) >= 11 is 0. The molecule has 2 atom stereocenters. The SMILES string of the molecule is COC(=O)c1cc(O)c2c(c1C(=O)OC)OC(C)(CC/C=C(\C)CCC=C(C)C)C(O)C2. The Morgan fingerprint density at radius 3 is 2.41 bits per heavy atom. The number of ether oxygens (including phenoxy) is 3. The van der Waals surface area contributed by atoms with Crippen molar-refractivity contribution < 1.29 is 34.0 Å². The number of fused-ring (bicyclic) bond motifs is 1. The fourth-order valence-corrected chi connectivity index (χ4v) is 3.79. The first-order chi connectivity index (χ1) is 15.0. The van der Waals surface area contributed by atoms with Gasteiger partial charge in [0.2, 0.25) is 0 Å². The van der Waals surface area contributed by atoms with Gasteiger partial charge in [-0.1, -0.05) is 23.3 Å². The van der Waals surface area contributed by atoms with Crippen molar-refractivity contribution in [1.82, 2.24) is 0 Å². The minimum absolute atomic E-state index is 0.0503. The Bertz CT molecular complexity index is 925. The minimum Gasteiger partial charge on any atom is -0.508 e. The molecule has 7 nitrogen and oxygen atoms in total. The average molecular weight is 447 g/mol. The summed E-state index contributed by atoms with van der Waals surface area (Å²) in [4.78, 5) is 24.7. The maximum atomic E-state index is 12.5. The van der Waals surface area contributed by atoms with E-state index in [0.717, 1.165) is 18.9 Å². The van der Waals surface area contributed by atoms with E-state index in [-0.39, 0.29) is 34.6 Å². The third kappa shape index (κ3) is 5.71. The third-order valence-corrected chi connectivity index (χ3v) is 5.82. The Morgan fingerprint density at radius 1 is 1.16 bits per heavy atom. The topological polar surface area (TPSA) is 102 Å². The van der Waals surface area contributed by atoms with E-state index in [1.165, 1.54) is 25.4 Å². The number of carbonyl (C=O) groups is 2. The van der Waals surface area contributed by atoms with Crippen LogP contribution in [0.5, 0.6) is 11.5 Å². The van der Waals surface area contributed by atoms with Crippen molar-refractivity contribution in [2.24, 2.45) is 0 Å². The van der Waals surface area contributed by atoms with Crippen LogP contribution in [0.3, 0.4) is 0 Å². The zero-order valence-corrected chi connectivity index (χ0v) is 19.8. The normalized spacial score (nSPS) is 20.1. The van der Waals surface area contributed by atoms with E-state index in [1.807, 2.05) is 0 Å². The highest BCUT2D eigenvalue weighted by atomic mass is 16.5. The predicted molar refractivity (Wildman–Crippen MR) is 121 cm³/mol. The number of phenols is 1. The molecule has 7 heteroatoms. The molecule has 2 unspecified atom stereocenters. The molecule has 2 N–H and O–H groups in total. The smallest absolute Gasteiger partial charge is 0.342 e. The summed E-state index contributed by atoms with van der Waals surface area (Å²) < 4.78 is 15.7. The molecule has 0 fully saturated rings. The van der Waals surface area contributed by atoms with Gasteiger partial charge in [-0.25, -0.2) is 9.59 Å². The molecule has 0 bridgehead atoms. The molecule has 0 amide bonds. The van der Waals surface area contributed by atoms with Crippen LogP contribution in [-0.2, 0) is 15.9 Å². The second kappa shape index (κ2) is 10.7. The van der Waals surface area contributed by atoms with Gasteiger partial charge in [-0.2, -0.15) is 0 Å². The van der Waals surface area contributed by atoms with Crippen molar-refractivity contribution in [1.29, 1.82) is 0 Å². The molecule has 0 radical (unpaired) electrons. The largest absolute Gasteiger partial charge is 0.508 e. The summed E-state index contributed by atoms with van der Waals surface area (Å²) in [5.74, 6) is -1.77. The summed E-state index contributed by atoms with van der Waals surface area (Å²) in [6, 6.07) is 1.15. The van der Waals surface area contributed by atoms with Gasteiger partial charge in [-0.15, -0.1) is 0 Å². The molecule has 0 saturated heterocycles. The van der Waals surface area contributed by atoms with Crippen LogP contribution >= 0.6 is 0 Å². The van der Waals surface area contributed by atoms with Crippen LogP contribution < -0.4 is 4.74 Å². The molecule has 1 heterocycles. The minimum atomic E-state index is -1.02. The maximum absolute atomic E-state index is 12.5. The monoisotopic (exact) mass is 446 g/mol. The van der Waals surface area contributed by atoms with E-state index in [1.54, 1.807) is 6.92 Å². The molecular formula is C25H34O7. The fraction of sp³-hybridized carbons (Fsp3) is 0.520. The molecule has 2 rings (SSSR count). The number of hydrogen-bond donors (Lipinski definition) is 2. The van der Waals surface area contributed by atoms with E-state index in [9.17, 15) is 19.8 Å². The van der Waals surface area contributed by atoms with Gasteiger partial charge in [0.15, 0.2) is 0 Å². The van der Waals surface area contributed by atoms with Gasteiger partial charge in [0.25, 0.3) is 0 Å². The molecule has 0 aromatic heterocycles.